The molecule has 2 saturated heterocycles. The highest BCUT2D eigenvalue weighted by Crippen LogP contribution is 2.30. The van der Waals surface area contributed by atoms with Gasteiger partial charge in [-0.05, 0) is 62.2 Å². The van der Waals surface area contributed by atoms with E-state index in [1.165, 1.54) is 4.31 Å². The van der Waals surface area contributed by atoms with E-state index >= 15 is 0 Å². The minimum Gasteiger partial charge on any atom is -0.340 e. The average molecular weight is 520 g/mol. The van der Waals surface area contributed by atoms with E-state index in [9.17, 15) is 18.0 Å². The van der Waals surface area contributed by atoms with Gasteiger partial charge in [-0.15, -0.1) is 0 Å². The number of piperidine rings is 1. The van der Waals surface area contributed by atoms with E-state index in [0.29, 0.717) is 36.8 Å². The van der Waals surface area contributed by atoms with Gasteiger partial charge in [0, 0.05) is 50.1 Å². The third-order valence-corrected chi connectivity index (χ3v) is 8.36. The first kappa shape index (κ1) is 25.7. The third kappa shape index (κ3) is 5.71. The second kappa shape index (κ2) is 9.91. The summed E-state index contributed by atoms with van der Waals surface area (Å²) in [7, 11) is -3.69. The summed E-state index contributed by atoms with van der Waals surface area (Å²) in [6.45, 7) is 7.17. The van der Waals surface area contributed by atoms with Crippen LogP contribution in [0.4, 0.5) is 0 Å². The lowest BCUT2D eigenvalue weighted by atomic mass is 9.94. The molecule has 8 nitrogen and oxygen atoms in total. The van der Waals surface area contributed by atoms with Crippen LogP contribution < -0.4 is 0 Å². The lowest BCUT2D eigenvalue weighted by Crippen LogP contribution is -2.52. The maximum Gasteiger partial charge on any atom is 0.243 e. The number of nitrogens with zero attached hydrogens (tertiary/aromatic N) is 3. The van der Waals surface area contributed by atoms with Crippen molar-refractivity contribution in [3.63, 3.8) is 0 Å². The number of carbonyl (C=O) groups is 1. The lowest BCUT2D eigenvalue weighted by Gasteiger charge is -2.39. The van der Waals surface area contributed by atoms with Gasteiger partial charge in [0.05, 0.1) is 10.5 Å². The highest BCUT2D eigenvalue weighted by molar-refractivity contribution is 7.89. The van der Waals surface area contributed by atoms with Crippen LogP contribution in [-0.2, 0) is 24.4 Å². The number of amides is 1. The van der Waals surface area contributed by atoms with Crippen LogP contribution in [0.25, 0.3) is 10.8 Å². The van der Waals surface area contributed by atoms with Crippen LogP contribution in [0.5, 0.6) is 0 Å². The van der Waals surface area contributed by atoms with Gasteiger partial charge in [-0.1, -0.05) is 23.7 Å². The molecule has 2 fully saturated rings. The number of piperazine rings is 1. The Morgan fingerprint density at radius 1 is 1.03 bits per heavy atom. The Labute approximate surface area is 211 Å². The molecule has 2 aromatic carbocycles. The number of hydroxylamine groups is 2. The number of rotatable bonds is 4. The van der Waals surface area contributed by atoms with Crippen LogP contribution in [0, 0.1) is 5.92 Å². The molecule has 0 bridgehead atoms. The summed E-state index contributed by atoms with van der Waals surface area (Å²) in [5.74, 6) is 1.52. The van der Waals surface area contributed by atoms with Gasteiger partial charge >= 0.3 is 0 Å². The topological polar surface area (TPSA) is 87.2 Å². The standard InChI is InChI=1S/C25H30ClN3O5S/c1-25(2,3)34-29-9-8-20(15-22(29)17-30)24(31)27-10-12-28(13-11-27)35(32,33)23-7-5-18-14-21(26)6-4-19(18)16-23/h4-7,14,16,20H,8-13,15H2,1-3H3. The second-order valence-electron chi connectivity index (χ2n) is 9.93. The third-order valence-electron chi connectivity index (χ3n) is 6.23. The van der Waals surface area contributed by atoms with Crippen LogP contribution >= 0.6 is 11.6 Å². The number of allylic oxidation sites excluding steroid dienone is 1. The summed E-state index contributed by atoms with van der Waals surface area (Å²) in [4.78, 5) is 32.4. The summed E-state index contributed by atoms with van der Waals surface area (Å²) >= 11 is 6.03. The van der Waals surface area contributed by atoms with Crippen LogP contribution in [-0.4, -0.2) is 72.9 Å². The molecule has 0 aromatic heterocycles. The molecule has 0 N–H and O–H groups in total. The van der Waals surface area contributed by atoms with E-state index < -0.39 is 15.6 Å². The summed E-state index contributed by atoms with van der Waals surface area (Å²) < 4.78 is 27.9. The number of fused-ring (bicyclic) bond motifs is 1. The van der Waals surface area contributed by atoms with Gasteiger partial charge in [0.2, 0.25) is 15.9 Å². The molecule has 2 aliphatic heterocycles. The molecule has 1 unspecified atom stereocenters. The average Bonchev–Trinajstić information content (AvgIpc) is 2.82. The maximum absolute atomic E-state index is 13.2. The highest BCUT2D eigenvalue weighted by atomic mass is 35.5. The minimum atomic E-state index is -3.69. The molecule has 0 aliphatic carbocycles. The van der Waals surface area contributed by atoms with E-state index in [1.54, 1.807) is 46.4 Å². The fourth-order valence-electron chi connectivity index (χ4n) is 4.49. The van der Waals surface area contributed by atoms with Gasteiger partial charge in [-0.2, -0.15) is 4.31 Å². The van der Waals surface area contributed by atoms with Gasteiger partial charge in [0.1, 0.15) is 11.6 Å². The Morgan fingerprint density at radius 2 is 1.69 bits per heavy atom. The van der Waals surface area contributed by atoms with Crippen molar-refractivity contribution in [3.05, 3.63) is 47.1 Å². The largest absolute Gasteiger partial charge is 0.340 e. The molecule has 0 spiro atoms. The Hall–Kier alpha value is -2.42. The summed E-state index contributed by atoms with van der Waals surface area (Å²) in [5, 5.41) is 3.80. The summed E-state index contributed by atoms with van der Waals surface area (Å²) in [6, 6.07) is 10.3. The number of halogens is 1. The number of benzene rings is 2. The van der Waals surface area contributed by atoms with Gasteiger partial charge in [-0.3, -0.25) is 9.63 Å². The molecule has 1 atom stereocenters. The number of carbonyl (C=O) groups excluding carboxylic acids is 2. The van der Waals surface area contributed by atoms with Crippen LogP contribution in [0.3, 0.4) is 0 Å². The van der Waals surface area contributed by atoms with Crippen molar-refractivity contribution in [1.29, 1.82) is 0 Å². The molecule has 1 amide bonds. The van der Waals surface area contributed by atoms with Gasteiger partial charge in [-0.25, -0.2) is 18.3 Å². The molecule has 35 heavy (non-hydrogen) atoms. The van der Waals surface area contributed by atoms with E-state index in [1.807, 2.05) is 26.7 Å². The zero-order valence-electron chi connectivity index (χ0n) is 20.2. The normalized spacial score (nSPS) is 20.2. The van der Waals surface area contributed by atoms with Crippen molar-refractivity contribution in [2.75, 3.05) is 32.7 Å². The van der Waals surface area contributed by atoms with Crippen LogP contribution in [0.2, 0.25) is 5.02 Å². The monoisotopic (exact) mass is 519 g/mol. The molecule has 2 heterocycles. The zero-order chi connectivity index (χ0) is 25.4. The highest BCUT2D eigenvalue weighted by Gasteiger charge is 2.36. The van der Waals surface area contributed by atoms with Crippen LogP contribution in [0.1, 0.15) is 33.6 Å². The Bertz CT molecular complexity index is 1280. The molecule has 0 saturated carbocycles. The molecular weight excluding hydrogens is 490 g/mol. The Morgan fingerprint density at radius 3 is 2.34 bits per heavy atom. The Kier molecular flexibility index (Phi) is 7.27. The quantitative estimate of drug-likeness (QED) is 0.575. The fraction of sp³-hybridized carbons (Fsp3) is 0.480. The fourth-order valence-corrected chi connectivity index (χ4v) is 6.13. The Balaban J connectivity index is 1.39. The van der Waals surface area contributed by atoms with Gasteiger partial charge < -0.3 is 4.90 Å². The molecule has 2 aromatic rings. The van der Waals surface area contributed by atoms with Crippen molar-refractivity contribution in [2.45, 2.75) is 44.1 Å². The zero-order valence-corrected chi connectivity index (χ0v) is 21.7. The predicted molar refractivity (Wildman–Crippen MR) is 134 cm³/mol. The van der Waals surface area contributed by atoms with E-state index in [2.05, 4.69) is 0 Å². The van der Waals surface area contributed by atoms with Gasteiger partial charge in [0.15, 0.2) is 0 Å². The first-order valence-corrected chi connectivity index (χ1v) is 13.5. The predicted octanol–water partition coefficient (Wildman–Crippen LogP) is 3.48. The minimum absolute atomic E-state index is 0.0622. The molecule has 4 rings (SSSR count). The van der Waals surface area contributed by atoms with E-state index in [4.69, 9.17) is 16.4 Å². The molecule has 2 aliphatic rings. The molecular formula is C25H30ClN3O5S. The number of hydrogen-bond donors (Lipinski definition) is 0. The number of sulfonamides is 1. The van der Waals surface area contributed by atoms with E-state index in [0.717, 1.165) is 10.8 Å². The second-order valence-corrected chi connectivity index (χ2v) is 12.3. The lowest BCUT2D eigenvalue weighted by molar-refractivity contribution is -0.216. The molecule has 188 valence electrons. The smallest absolute Gasteiger partial charge is 0.243 e. The SMILES string of the molecule is CC(C)(C)ON1CCC(C(=O)N2CCN(S(=O)(=O)c3ccc4cc(Cl)ccc4c3)CC2)CC1=C=O. The van der Waals surface area contributed by atoms with Crippen LogP contribution in [0.15, 0.2) is 47.0 Å². The van der Waals surface area contributed by atoms with Crippen molar-refractivity contribution in [3.8, 4) is 0 Å². The molecule has 0 radical (unpaired) electrons. The van der Waals surface area contributed by atoms with Crippen molar-refractivity contribution in [2.24, 2.45) is 5.92 Å². The number of hydrogen-bond acceptors (Lipinski definition) is 6. The van der Waals surface area contributed by atoms with Crippen molar-refractivity contribution >= 4 is 44.2 Å². The first-order chi connectivity index (χ1) is 16.5. The van der Waals surface area contributed by atoms with E-state index in [-0.39, 0.29) is 36.2 Å². The van der Waals surface area contributed by atoms with Crippen molar-refractivity contribution < 1.29 is 22.8 Å². The molecule has 10 heteroatoms. The van der Waals surface area contributed by atoms with Gasteiger partial charge in [0.25, 0.3) is 0 Å². The summed E-state index contributed by atoms with van der Waals surface area (Å²) in [6.07, 6.45) is 0.817. The maximum atomic E-state index is 13.2. The summed E-state index contributed by atoms with van der Waals surface area (Å²) in [5.41, 5.74) is -0.123. The van der Waals surface area contributed by atoms with Crippen molar-refractivity contribution in [1.82, 2.24) is 14.3 Å². The first-order valence-electron chi connectivity index (χ1n) is 11.7.